The van der Waals surface area contributed by atoms with Gasteiger partial charge >= 0.3 is 0 Å². The van der Waals surface area contributed by atoms with E-state index in [2.05, 4.69) is 41.0 Å². The molecule has 31 heavy (non-hydrogen) atoms. The van der Waals surface area contributed by atoms with Crippen LogP contribution in [-0.4, -0.2) is 18.0 Å². The zero-order valence-corrected chi connectivity index (χ0v) is 17.8. The molecule has 1 saturated carbocycles. The van der Waals surface area contributed by atoms with Crippen molar-refractivity contribution >= 4 is 33.1 Å². The van der Waals surface area contributed by atoms with Gasteiger partial charge in [0.1, 0.15) is 21.6 Å². The van der Waals surface area contributed by atoms with Gasteiger partial charge in [-0.2, -0.15) is 0 Å². The van der Waals surface area contributed by atoms with Crippen molar-refractivity contribution in [1.82, 2.24) is 10.3 Å². The molecule has 1 atom stereocenters. The molecular weight excluding hydrogens is 406 g/mol. The number of amides is 1. The first kappa shape index (κ1) is 18.4. The topological polar surface area (TPSA) is 63.2 Å². The van der Waals surface area contributed by atoms with Gasteiger partial charge in [-0.25, -0.2) is 4.98 Å². The highest BCUT2D eigenvalue weighted by Gasteiger charge is 2.32. The smallest absolute Gasteiger partial charge is 0.265 e. The van der Waals surface area contributed by atoms with Crippen LogP contribution in [-0.2, 0) is 0 Å². The molecule has 2 aromatic carbocycles. The normalized spacial score (nSPS) is 17.7. The minimum atomic E-state index is -0.310. The van der Waals surface area contributed by atoms with Gasteiger partial charge in [0.25, 0.3) is 5.91 Å². The summed E-state index contributed by atoms with van der Waals surface area (Å²) in [5.74, 6) is 1.26. The SMILES string of the molecule is COc1ccc([C@H]2NC(=O)c3sc4nc(C5CC5)cc(-c5ccccc5)c4c3N2)cc1. The first-order chi connectivity index (χ1) is 15.2. The van der Waals surface area contributed by atoms with Crippen molar-refractivity contribution in [3.05, 3.63) is 76.8 Å². The number of carbonyl (C=O) groups is 1. The van der Waals surface area contributed by atoms with Crippen LogP contribution in [0.2, 0.25) is 0 Å². The van der Waals surface area contributed by atoms with E-state index < -0.39 is 0 Å². The van der Waals surface area contributed by atoms with E-state index in [1.165, 1.54) is 24.2 Å². The molecule has 154 valence electrons. The maximum atomic E-state index is 13.0. The Morgan fingerprint density at radius 1 is 1.03 bits per heavy atom. The molecule has 5 nitrogen and oxygen atoms in total. The fourth-order valence-electron chi connectivity index (χ4n) is 4.19. The van der Waals surface area contributed by atoms with E-state index in [0.29, 0.717) is 10.8 Å². The largest absolute Gasteiger partial charge is 0.497 e. The number of nitrogens with one attached hydrogen (secondary N) is 2. The van der Waals surface area contributed by atoms with Gasteiger partial charge in [-0.15, -0.1) is 11.3 Å². The fraction of sp³-hybridized carbons (Fsp3) is 0.200. The molecule has 0 spiro atoms. The molecule has 2 N–H and O–H groups in total. The highest BCUT2D eigenvalue weighted by molar-refractivity contribution is 7.21. The maximum Gasteiger partial charge on any atom is 0.265 e. The van der Waals surface area contributed by atoms with Crippen LogP contribution in [0.5, 0.6) is 5.75 Å². The molecule has 4 aromatic rings. The number of rotatable bonds is 4. The Balaban J connectivity index is 1.51. The second-order valence-corrected chi connectivity index (χ2v) is 9.04. The van der Waals surface area contributed by atoms with Gasteiger partial charge in [-0.05, 0) is 47.7 Å². The zero-order valence-electron chi connectivity index (χ0n) is 17.0. The lowest BCUT2D eigenvalue weighted by molar-refractivity contribution is 0.0940. The molecule has 0 saturated heterocycles. The number of fused-ring (bicyclic) bond motifs is 3. The van der Waals surface area contributed by atoms with Crippen LogP contribution in [0.15, 0.2) is 60.7 Å². The molecule has 2 aromatic heterocycles. The number of methoxy groups -OCH3 is 1. The average molecular weight is 428 g/mol. The number of aromatic nitrogens is 1. The summed E-state index contributed by atoms with van der Waals surface area (Å²) in [6.45, 7) is 0. The quantitative estimate of drug-likeness (QED) is 0.438. The monoisotopic (exact) mass is 427 g/mol. The van der Waals surface area contributed by atoms with E-state index in [9.17, 15) is 4.79 Å². The minimum Gasteiger partial charge on any atom is -0.497 e. The van der Waals surface area contributed by atoms with Gasteiger partial charge < -0.3 is 15.4 Å². The van der Waals surface area contributed by atoms with Gasteiger partial charge in [-0.3, -0.25) is 4.79 Å². The number of hydrogen-bond acceptors (Lipinski definition) is 5. The summed E-state index contributed by atoms with van der Waals surface area (Å²) in [6, 6.07) is 20.4. The molecule has 0 bridgehead atoms. The predicted octanol–water partition coefficient (Wildman–Crippen LogP) is 5.70. The minimum absolute atomic E-state index is 0.0652. The van der Waals surface area contributed by atoms with E-state index in [1.807, 2.05) is 30.3 Å². The Hall–Kier alpha value is -3.38. The summed E-state index contributed by atoms with van der Waals surface area (Å²) in [5.41, 5.74) is 5.27. The van der Waals surface area contributed by atoms with E-state index in [4.69, 9.17) is 9.72 Å². The number of ether oxygens (including phenoxy) is 1. The summed E-state index contributed by atoms with van der Waals surface area (Å²) in [6.07, 6.45) is 2.07. The Labute approximate surface area is 184 Å². The standard InChI is InChI=1S/C25H21N3O2S/c1-30-17-11-9-16(10-12-17)23-27-21-20-18(14-5-3-2-4-6-14)13-19(15-7-8-15)26-25(20)31-22(21)24(29)28-23/h2-6,9-13,15,23,27H,7-8H2,1H3,(H,28,29)/t23-/m1/s1. The molecule has 3 heterocycles. The molecular formula is C25H21N3O2S. The average Bonchev–Trinajstić information content (AvgIpc) is 3.60. The first-order valence-corrected chi connectivity index (χ1v) is 11.3. The third-order valence-corrected chi connectivity index (χ3v) is 7.06. The molecule has 0 unspecified atom stereocenters. The van der Waals surface area contributed by atoms with Crippen LogP contribution in [0, 0.1) is 0 Å². The number of pyridine rings is 1. The molecule has 1 amide bonds. The maximum absolute atomic E-state index is 13.0. The summed E-state index contributed by atoms with van der Waals surface area (Å²) < 4.78 is 5.27. The van der Waals surface area contributed by atoms with E-state index >= 15 is 0 Å². The molecule has 1 aliphatic heterocycles. The van der Waals surface area contributed by atoms with Crippen molar-refractivity contribution in [3.8, 4) is 16.9 Å². The van der Waals surface area contributed by atoms with Crippen LogP contribution in [0.4, 0.5) is 5.69 Å². The Kier molecular flexibility index (Phi) is 4.21. The van der Waals surface area contributed by atoms with E-state index in [-0.39, 0.29) is 12.1 Å². The van der Waals surface area contributed by atoms with Crippen LogP contribution in [0.3, 0.4) is 0 Å². The molecule has 1 aliphatic carbocycles. The number of anilines is 1. The van der Waals surface area contributed by atoms with Gasteiger partial charge in [-0.1, -0.05) is 42.5 Å². The number of nitrogens with zero attached hydrogens (tertiary/aromatic N) is 1. The van der Waals surface area contributed by atoms with Crippen molar-refractivity contribution in [2.75, 3.05) is 12.4 Å². The van der Waals surface area contributed by atoms with Crippen LogP contribution in [0.25, 0.3) is 21.3 Å². The van der Waals surface area contributed by atoms with Crippen molar-refractivity contribution in [1.29, 1.82) is 0 Å². The third-order valence-electron chi connectivity index (χ3n) is 5.98. The lowest BCUT2D eigenvalue weighted by Crippen LogP contribution is -2.37. The lowest BCUT2D eigenvalue weighted by Gasteiger charge is -2.27. The van der Waals surface area contributed by atoms with Crippen molar-refractivity contribution in [3.63, 3.8) is 0 Å². The van der Waals surface area contributed by atoms with Gasteiger partial charge in [0.15, 0.2) is 0 Å². The Morgan fingerprint density at radius 2 is 1.81 bits per heavy atom. The van der Waals surface area contributed by atoms with Crippen LogP contribution >= 0.6 is 11.3 Å². The molecule has 6 rings (SSSR count). The fourth-order valence-corrected chi connectivity index (χ4v) is 5.26. The van der Waals surface area contributed by atoms with Crippen molar-refractivity contribution in [2.24, 2.45) is 0 Å². The van der Waals surface area contributed by atoms with Gasteiger partial charge in [0.2, 0.25) is 0 Å². The third kappa shape index (κ3) is 3.15. The molecule has 1 fully saturated rings. The van der Waals surface area contributed by atoms with E-state index in [0.717, 1.165) is 44.0 Å². The highest BCUT2D eigenvalue weighted by Crippen LogP contribution is 2.47. The summed E-state index contributed by atoms with van der Waals surface area (Å²) in [4.78, 5) is 19.6. The molecule has 2 aliphatic rings. The number of thiophene rings is 1. The number of carbonyl (C=O) groups excluding carboxylic acids is 1. The highest BCUT2D eigenvalue weighted by atomic mass is 32.1. The second-order valence-electron chi connectivity index (χ2n) is 8.05. The second kappa shape index (κ2) is 7.10. The summed E-state index contributed by atoms with van der Waals surface area (Å²) in [7, 11) is 1.65. The van der Waals surface area contributed by atoms with Crippen molar-refractivity contribution in [2.45, 2.75) is 24.9 Å². The van der Waals surface area contributed by atoms with E-state index in [1.54, 1.807) is 7.11 Å². The molecule has 0 radical (unpaired) electrons. The zero-order chi connectivity index (χ0) is 20.9. The Morgan fingerprint density at radius 3 is 2.52 bits per heavy atom. The first-order valence-electron chi connectivity index (χ1n) is 10.5. The molecule has 6 heteroatoms. The van der Waals surface area contributed by atoms with Gasteiger partial charge in [0, 0.05) is 17.0 Å². The van der Waals surface area contributed by atoms with Crippen LogP contribution < -0.4 is 15.4 Å². The number of hydrogen-bond donors (Lipinski definition) is 2. The predicted molar refractivity (Wildman–Crippen MR) is 124 cm³/mol. The summed E-state index contributed by atoms with van der Waals surface area (Å²) in [5, 5.41) is 7.70. The van der Waals surface area contributed by atoms with Crippen molar-refractivity contribution < 1.29 is 9.53 Å². The Bertz CT molecular complexity index is 1290. The van der Waals surface area contributed by atoms with Gasteiger partial charge in [0.05, 0.1) is 12.8 Å². The lowest BCUT2D eigenvalue weighted by atomic mass is 9.99. The van der Waals surface area contributed by atoms with Crippen LogP contribution in [0.1, 0.15) is 45.9 Å². The summed E-state index contributed by atoms with van der Waals surface area (Å²) >= 11 is 1.47. The number of benzene rings is 2.